The van der Waals surface area contributed by atoms with E-state index in [2.05, 4.69) is 15.6 Å². The summed E-state index contributed by atoms with van der Waals surface area (Å²) in [4.78, 5) is 18.2. The number of likely N-dealkylation sites (tertiary alicyclic amines) is 1. The van der Waals surface area contributed by atoms with E-state index in [1.807, 2.05) is 18.7 Å². The molecule has 6 nitrogen and oxygen atoms in total. The molecule has 2 rings (SSSR count). The van der Waals surface area contributed by atoms with Crippen LogP contribution in [0.1, 0.15) is 26.7 Å². The second kappa shape index (κ2) is 11.9. The lowest BCUT2D eigenvalue weighted by atomic mass is 10.3. The van der Waals surface area contributed by atoms with Crippen molar-refractivity contribution in [2.75, 3.05) is 32.7 Å². The fourth-order valence-corrected chi connectivity index (χ4v) is 2.59. The summed E-state index contributed by atoms with van der Waals surface area (Å²) in [5, 5.41) is 6.22. The average Bonchev–Trinajstić information content (AvgIpc) is 3.14. The molecular formula is C18H28FIN4O2. The van der Waals surface area contributed by atoms with E-state index < -0.39 is 0 Å². The summed E-state index contributed by atoms with van der Waals surface area (Å²) in [6.45, 7) is 6.71. The van der Waals surface area contributed by atoms with Gasteiger partial charge in [0.15, 0.2) is 17.5 Å². The number of aliphatic imine (C=N–C) groups is 1. The van der Waals surface area contributed by atoms with E-state index in [9.17, 15) is 9.18 Å². The van der Waals surface area contributed by atoms with Crippen LogP contribution in [0, 0.1) is 5.82 Å². The molecule has 0 aromatic heterocycles. The average molecular weight is 478 g/mol. The van der Waals surface area contributed by atoms with Gasteiger partial charge < -0.3 is 20.3 Å². The minimum atomic E-state index is -0.383. The highest BCUT2D eigenvalue weighted by molar-refractivity contribution is 14.0. The second-order valence-corrected chi connectivity index (χ2v) is 6.02. The largest absolute Gasteiger partial charge is 0.486 e. The molecule has 1 aliphatic heterocycles. The van der Waals surface area contributed by atoms with Gasteiger partial charge in [-0.2, -0.15) is 0 Å². The first-order valence-corrected chi connectivity index (χ1v) is 8.81. The summed E-state index contributed by atoms with van der Waals surface area (Å²) >= 11 is 0. The molecule has 1 atom stereocenters. The molecule has 0 spiro atoms. The third-order valence-electron chi connectivity index (χ3n) is 3.90. The predicted octanol–water partition coefficient (Wildman–Crippen LogP) is 2.39. The maximum absolute atomic E-state index is 13.6. The maximum atomic E-state index is 13.6. The van der Waals surface area contributed by atoms with Gasteiger partial charge in [0, 0.05) is 19.6 Å². The van der Waals surface area contributed by atoms with Crippen LogP contribution in [0.3, 0.4) is 0 Å². The van der Waals surface area contributed by atoms with Crippen molar-refractivity contribution in [3.63, 3.8) is 0 Å². The Labute approximate surface area is 171 Å². The second-order valence-electron chi connectivity index (χ2n) is 6.02. The number of nitrogens with zero attached hydrogens (tertiary/aromatic N) is 2. The van der Waals surface area contributed by atoms with E-state index >= 15 is 0 Å². The van der Waals surface area contributed by atoms with Crippen LogP contribution < -0.4 is 15.4 Å². The summed E-state index contributed by atoms with van der Waals surface area (Å²) < 4.78 is 19.2. The van der Waals surface area contributed by atoms with Crippen LogP contribution in [-0.2, 0) is 4.79 Å². The van der Waals surface area contributed by atoms with Crippen molar-refractivity contribution < 1.29 is 13.9 Å². The molecule has 0 aliphatic carbocycles. The van der Waals surface area contributed by atoms with Crippen LogP contribution in [0.4, 0.5) is 4.39 Å². The Kier molecular flexibility index (Phi) is 10.3. The molecular weight excluding hydrogens is 450 g/mol. The van der Waals surface area contributed by atoms with Crippen LogP contribution in [0.25, 0.3) is 0 Å². The molecule has 1 aromatic rings. The van der Waals surface area contributed by atoms with Crippen LogP contribution in [0.15, 0.2) is 29.3 Å². The summed E-state index contributed by atoms with van der Waals surface area (Å²) in [6, 6.07) is 6.32. The number of rotatable bonds is 7. The van der Waals surface area contributed by atoms with E-state index in [1.54, 1.807) is 18.2 Å². The lowest BCUT2D eigenvalue weighted by Crippen LogP contribution is -2.42. The first-order valence-electron chi connectivity index (χ1n) is 8.81. The first kappa shape index (κ1) is 22.5. The molecule has 1 fully saturated rings. The van der Waals surface area contributed by atoms with Gasteiger partial charge in [0.05, 0.1) is 6.54 Å². The molecule has 0 saturated carbocycles. The number of halogens is 2. The van der Waals surface area contributed by atoms with Gasteiger partial charge in [-0.15, -0.1) is 24.0 Å². The molecule has 1 aliphatic rings. The molecule has 2 N–H and O–H groups in total. The molecule has 1 heterocycles. The molecule has 1 saturated heterocycles. The molecule has 8 heteroatoms. The minimum absolute atomic E-state index is 0. The lowest BCUT2D eigenvalue weighted by Gasteiger charge is -2.18. The van der Waals surface area contributed by atoms with E-state index in [4.69, 9.17) is 4.74 Å². The maximum Gasteiger partial charge on any atom is 0.244 e. The first-order chi connectivity index (χ1) is 12.1. The number of hydrogen-bond donors (Lipinski definition) is 2. The van der Waals surface area contributed by atoms with Crippen molar-refractivity contribution in [3.8, 4) is 5.75 Å². The van der Waals surface area contributed by atoms with Crippen molar-refractivity contribution in [1.29, 1.82) is 0 Å². The van der Waals surface area contributed by atoms with E-state index in [0.29, 0.717) is 19.0 Å². The number of nitrogens with one attached hydrogen (secondary N) is 2. The molecule has 1 amide bonds. The van der Waals surface area contributed by atoms with E-state index in [0.717, 1.165) is 25.9 Å². The molecule has 1 aromatic carbocycles. The Bertz CT molecular complexity index is 594. The van der Waals surface area contributed by atoms with Crippen LogP contribution in [-0.4, -0.2) is 55.6 Å². The Morgan fingerprint density at radius 1 is 1.31 bits per heavy atom. The van der Waals surface area contributed by atoms with Crippen molar-refractivity contribution in [2.24, 2.45) is 4.99 Å². The quantitative estimate of drug-likeness (QED) is 0.359. The van der Waals surface area contributed by atoms with Crippen molar-refractivity contribution in [2.45, 2.75) is 32.8 Å². The van der Waals surface area contributed by atoms with E-state index in [1.165, 1.54) is 6.07 Å². The van der Waals surface area contributed by atoms with E-state index in [-0.39, 0.29) is 54.1 Å². The van der Waals surface area contributed by atoms with Crippen molar-refractivity contribution in [1.82, 2.24) is 15.5 Å². The van der Waals surface area contributed by atoms with Gasteiger partial charge >= 0.3 is 0 Å². The number of amides is 1. The molecule has 0 radical (unpaired) electrons. The Balaban J connectivity index is 0.00000338. The standard InChI is InChI=1S/C18H27FN4O2.HI/c1-3-20-18(22-13-17(24)23-10-6-7-11-23)21-12-14(2)25-16-9-5-4-8-15(16)19;/h4-5,8-9,14H,3,6-7,10-13H2,1-2H3,(H2,20,21,22);1H. The zero-order valence-corrected chi connectivity index (χ0v) is 17.7. The lowest BCUT2D eigenvalue weighted by molar-refractivity contribution is -0.128. The van der Waals surface area contributed by atoms with Gasteiger partial charge in [0.2, 0.25) is 5.91 Å². The monoisotopic (exact) mass is 478 g/mol. The van der Waals surface area contributed by atoms with Crippen LogP contribution in [0.2, 0.25) is 0 Å². The SMILES string of the molecule is CCNC(=NCC(=O)N1CCCC1)NCC(C)Oc1ccccc1F.I. The Morgan fingerprint density at radius 3 is 2.65 bits per heavy atom. The number of hydrogen-bond acceptors (Lipinski definition) is 3. The molecule has 146 valence electrons. The zero-order valence-electron chi connectivity index (χ0n) is 15.3. The summed E-state index contributed by atoms with van der Waals surface area (Å²) in [5.74, 6) is 0.443. The topological polar surface area (TPSA) is 66.0 Å². The highest BCUT2D eigenvalue weighted by atomic mass is 127. The molecule has 26 heavy (non-hydrogen) atoms. The highest BCUT2D eigenvalue weighted by Crippen LogP contribution is 2.16. The Morgan fingerprint density at radius 2 is 2.00 bits per heavy atom. The van der Waals surface area contributed by atoms with Gasteiger partial charge in [0.25, 0.3) is 0 Å². The summed E-state index contributed by atoms with van der Waals surface area (Å²) in [7, 11) is 0. The normalized spacial score (nSPS) is 15.2. The third-order valence-corrected chi connectivity index (χ3v) is 3.90. The molecule has 0 bridgehead atoms. The van der Waals surface area contributed by atoms with Crippen LogP contribution >= 0.6 is 24.0 Å². The van der Waals surface area contributed by atoms with Gasteiger partial charge in [-0.05, 0) is 38.8 Å². The zero-order chi connectivity index (χ0) is 18.1. The highest BCUT2D eigenvalue weighted by Gasteiger charge is 2.17. The van der Waals surface area contributed by atoms with Gasteiger partial charge in [-0.1, -0.05) is 12.1 Å². The van der Waals surface area contributed by atoms with Gasteiger partial charge in [0.1, 0.15) is 12.6 Å². The third kappa shape index (κ3) is 7.35. The number of benzene rings is 1. The van der Waals surface area contributed by atoms with Crippen LogP contribution in [0.5, 0.6) is 5.75 Å². The van der Waals surface area contributed by atoms with Gasteiger partial charge in [-0.3, -0.25) is 4.79 Å². The minimum Gasteiger partial charge on any atom is -0.486 e. The fourth-order valence-electron chi connectivity index (χ4n) is 2.59. The van der Waals surface area contributed by atoms with Crippen molar-refractivity contribution in [3.05, 3.63) is 30.1 Å². The Hall–Kier alpha value is -1.58. The number of carbonyl (C=O) groups excluding carboxylic acids is 1. The fraction of sp³-hybridized carbons (Fsp3) is 0.556. The van der Waals surface area contributed by atoms with Gasteiger partial charge in [-0.25, -0.2) is 9.38 Å². The number of guanidine groups is 1. The van der Waals surface area contributed by atoms with Crippen molar-refractivity contribution >= 4 is 35.8 Å². The number of ether oxygens (including phenoxy) is 1. The number of para-hydroxylation sites is 1. The summed E-state index contributed by atoms with van der Waals surface area (Å²) in [5.41, 5.74) is 0. The smallest absolute Gasteiger partial charge is 0.244 e. The predicted molar refractivity (Wildman–Crippen MR) is 112 cm³/mol. The molecule has 1 unspecified atom stereocenters. The number of carbonyl (C=O) groups is 1. The summed E-state index contributed by atoms with van der Waals surface area (Å²) in [6.07, 6.45) is 1.88.